The molecule has 2 aromatic heterocycles. The zero-order chi connectivity index (χ0) is 42.1. The summed E-state index contributed by atoms with van der Waals surface area (Å²) in [5.41, 5.74) is -0.221. The smallest absolute Gasteiger partial charge is 0.280 e. The lowest BCUT2D eigenvalue weighted by Crippen LogP contribution is -3.11. The molecule has 3 aromatic carbocycles. The number of fused-ring (bicyclic) bond motifs is 1. The molecule has 0 spiro atoms. The summed E-state index contributed by atoms with van der Waals surface area (Å²) in [5, 5.41) is 4.43. The molecule has 1 unspecified atom stereocenters. The fraction of sp³-hybridized carbons (Fsp3) is 0.442. The monoisotopic (exact) mass is 830 g/mol. The molecule has 312 valence electrons. The topological polar surface area (TPSA) is 165 Å². The van der Waals surface area contributed by atoms with Crippen molar-refractivity contribution in [1.29, 1.82) is 0 Å². The van der Waals surface area contributed by atoms with Crippen LogP contribution < -0.4 is 35.6 Å². The number of ether oxygens (including phenoxy) is 1. The van der Waals surface area contributed by atoms with Crippen LogP contribution in [0.3, 0.4) is 0 Å². The van der Waals surface area contributed by atoms with Gasteiger partial charge in [0.15, 0.2) is 18.8 Å². The van der Waals surface area contributed by atoms with Gasteiger partial charge in [-0.05, 0) is 54.7 Å². The number of quaternary nitrogens is 1. The van der Waals surface area contributed by atoms with Gasteiger partial charge in [0, 0.05) is 18.5 Å². The predicted octanol–water partition coefficient (Wildman–Crippen LogP) is 4.90. The lowest BCUT2D eigenvalue weighted by Gasteiger charge is -2.45. The van der Waals surface area contributed by atoms with Gasteiger partial charge in [-0.1, -0.05) is 113 Å². The first-order valence-electron chi connectivity index (χ1n) is 20.2. The van der Waals surface area contributed by atoms with Gasteiger partial charge in [0.05, 0.1) is 38.2 Å². The quantitative estimate of drug-likeness (QED) is 0.0984. The number of hydrogen-bond acceptors (Lipinski definition) is 9. The van der Waals surface area contributed by atoms with Gasteiger partial charge in [-0.15, -0.1) is 0 Å². The van der Waals surface area contributed by atoms with Crippen molar-refractivity contribution in [3.63, 3.8) is 0 Å². The highest BCUT2D eigenvalue weighted by molar-refractivity contribution is 7.51. The molecule has 6 rings (SSSR count). The van der Waals surface area contributed by atoms with Crippen molar-refractivity contribution in [2.24, 2.45) is 5.92 Å². The number of aromatic nitrogens is 4. The third-order valence-electron chi connectivity index (χ3n) is 10.6. The van der Waals surface area contributed by atoms with Crippen LogP contribution in [0.4, 0.5) is 5.95 Å². The molecular formula is C43H59N6O7PSi. The third-order valence-corrected chi connectivity index (χ3v) is 17.0. The van der Waals surface area contributed by atoms with Gasteiger partial charge in [-0.3, -0.25) is 29.0 Å². The first kappa shape index (κ1) is 44.7. The minimum Gasteiger partial charge on any atom is -0.769 e. The minimum absolute atomic E-state index is 0.00652. The van der Waals surface area contributed by atoms with Gasteiger partial charge in [0.1, 0.15) is 12.0 Å². The molecular weight excluding hydrogens is 772 g/mol. The lowest BCUT2D eigenvalue weighted by atomic mass is 10.1. The summed E-state index contributed by atoms with van der Waals surface area (Å²) >= 11 is 0. The molecule has 0 aliphatic carbocycles. The van der Waals surface area contributed by atoms with E-state index in [1.807, 2.05) is 36.4 Å². The highest BCUT2D eigenvalue weighted by Crippen LogP contribution is 2.45. The fourth-order valence-corrected chi connectivity index (χ4v) is 13.2. The second kappa shape index (κ2) is 19.5. The van der Waals surface area contributed by atoms with E-state index in [9.17, 15) is 19.0 Å². The average molecular weight is 831 g/mol. The van der Waals surface area contributed by atoms with Crippen molar-refractivity contribution >= 4 is 49.3 Å². The Morgan fingerprint density at radius 1 is 0.983 bits per heavy atom. The largest absolute Gasteiger partial charge is 0.769 e. The number of carbonyl (C=O) groups is 1. The van der Waals surface area contributed by atoms with Crippen LogP contribution in [0.5, 0.6) is 5.75 Å². The number of para-hydroxylation sites is 1. The maximum atomic E-state index is 13.3. The highest BCUT2D eigenvalue weighted by Gasteiger charge is 2.54. The van der Waals surface area contributed by atoms with E-state index in [0.717, 1.165) is 10.4 Å². The lowest BCUT2D eigenvalue weighted by molar-refractivity contribution is -0.894. The molecule has 13 nitrogen and oxygen atoms in total. The number of hydrogen-bond donors (Lipinski definition) is 3. The van der Waals surface area contributed by atoms with E-state index < -0.39 is 39.9 Å². The SMILES string of the molecule is CC(C)C(=O)Nc1nc2c(ncn2[C@H]2C[C@H](O[Si](c3ccccc3)(c3ccccc3)C(C)(C)C)[C@@H](CCP(=O)([O-])Oc3ccccc3)O2)c(=O)[nH]1.CC[NH+](CC)CC. The Bertz CT molecular complexity index is 2130. The van der Waals surface area contributed by atoms with Crippen LogP contribution >= 0.6 is 7.60 Å². The summed E-state index contributed by atoms with van der Waals surface area (Å²) in [6.07, 6.45) is -0.393. The molecule has 3 heterocycles. The Morgan fingerprint density at radius 3 is 2.03 bits per heavy atom. The normalized spacial score (nSPS) is 18.2. The average Bonchev–Trinajstić information content (AvgIpc) is 3.81. The van der Waals surface area contributed by atoms with Crippen molar-refractivity contribution in [2.45, 2.75) is 91.7 Å². The molecule has 1 amide bonds. The molecule has 1 saturated heterocycles. The number of benzene rings is 3. The first-order valence-corrected chi connectivity index (χ1v) is 23.9. The molecule has 1 fully saturated rings. The molecule has 5 aromatic rings. The second-order valence-corrected chi connectivity index (χ2v) is 22.0. The molecule has 0 bridgehead atoms. The molecule has 4 atom stereocenters. The number of aromatic amines is 1. The van der Waals surface area contributed by atoms with Gasteiger partial charge in [0.2, 0.25) is 11.9 Å². The molecule has 1 aliphatic rings. The standard InChI is InChI=1S/C37H44N5O7PSi.C6H15N/c1-25(2)34(43)40-36-39-33-32(35(44)41-36)38-24-42(33)31-23-30(29(47-31)21-22-50(45,46)48-26-15-9-6-10-16-26)49-51(37(3,4)5,27-17-11-7-12-18-27)28-19-13-8-14-20-28;1-4-7(5-2)6-3/h6-20,24-25,29-31H,21-23H2,1-5H3,(H,45,46)(H2,39,40,41,43,44);4-6H2,1-3H3/t29-,30+,31-;/m1./s1. The fourth-order valence-electron chi connectivity index (χ4n) is 7.35. The van der Waals surface area contributed by atoms with E-state index in [2.05, 4.69) is 86.1 Å². The molecule has 0 saturated carbocycles. The van der Waals surface area contributed by atoms with Crippen LogP contribution in [-0.4, -0.2) is 71.7 Å². The molecule has 1 aliphatic heterocycles. The van der Waals surface area contributed by atoms with Crippen LogP contribution in [-0.2, 0) is 18.5 Å². The van der Waals surface area contributed by atoms with E-state index in [0.29, 0.717) is 6.42 Å². The van der Waals surface area contributed by atoms with Crippen LogP contribution in [0.25, 0.3) is 11.2 Å². The van der Waals surface area contributed by atoms with Gasteiger partial charge < -0.3 is 23.5 Å². The van der Waals surface area contributed by atoms with Crippen molar-refractivity contribution in [1.82, 2.24) is 19.5 Å². The minimum atomic E-state index is -4.34. The Labute approximate surface area is 342 Å². The Balaban J connectivity index is 0.000000839. The first-order chi connectivity index (χ1) is 27.6. The molecule has 0 radical (unpaired) electrons. The van der Waals surface area contributed by atoms with Gasteiger partial charge >= 0.3 is 0 Å². The summed E-state index contributed by atoms with van der Waals surface area (Å²) in [6.45, 7) is 20.5. The van der Waals surface area contributed by atoms with E-state index in [4.69, 9.17) is 13.7 Å². The molecule has 15 heteroatoms. The predicted molar refractivity (Wildman–Crippen MR) is 229 cm³/mol. The number of imidazole rings is 1. The van der Waals surface area contributed by atoms with E-state index in [1.54, 1.807) is 53.6 Å². The number of carbonyl (C=O) groups excluding carboxylic acids is 1. The molecule has 58 heavy (non-hydrogen) atoms. The maximum absolute atomic E-state index is 13.3. The van der Waals surface area contributed by atoms with Crippen LogP contribution in [0.1, 0.15) is 74.5 Å². The third kappa shape index (κ3) is 10.6. The van der Waals surface area contributed by atoms with Crippen LogP contribution in [0.15, 0.2) is 102 Å². The number of H-pyrrole nitrogens is 1. The number of nitrogens with one attached hydrogen (secondary N) is 3. The van der Waals surface area contributed by atoms with Gasteiger partial charge in [-0.25, -0.2) is 4.98 Å². The molecule has 3 N–H and O–H groups in total. The van der Waals surface area contributed by atoms with Crippen LogP contribution in [0.2, 0.25) is 5.04 Å². The van der Waals surface area contributed by atoms with Gasteiger partial charge in [0.25, 0.3) is 13.9 Å². The van der Waals surface area contributed by atoms with Crippen molar-refractivity contribution in [3.8, 4) is 5.75 Å². The summed E-state index contributed by atoms with van der Waals surface area (Å²) in [6, 6.07) is 28.8. The van der Waals surface area contributed by atoms with E-state index in [-0.39, 0.29) is 52.3 Å². The van der Waals surface area contributed by atoms with Gasteiger partial charge in [-0.2, -0.15) is 4.98 Å². The zero-order valence-electron chi connectivity index (χ0n) is 34.9. The van der Waals surface area contributed by atoms with Crippen molar-refractivity contribution in [3.05, 3.63) is 108 Å². The van der Waals surface area contributed by atoms with Crippen molar-refractivity contribution < 1.29 is 32.8 Å². The maximum Gasteiger partial charge on any atom is 0.280 e. The number of anilines is 1. The summed E-state index contributed by atoms with van der Waals surface area (Å²) in [5.74, 6) is -0.410. The summed E-state index contributed by atoms with van der Waals surface area (Å²) in [4.78, 5) is 51.9. The van der Waals surface area contributed by atoms with Crippen molar-refractivity contribution in [2.75, 3.05) is 31.1 Å². The Kier molecular flexibility index (Phi) is 15.1. The summed E-state index contributed by atoms with van der Waals surface area (Å²) < 4.78 is 34.5. The number of nitrogens with zero attached hydrogens (tertiary/aromatic N) is 3. The Hall–Kier alpha value is -4.43. The summed E-state index contributed by atoms with van der Waals surface area (Å²) in [7, 11) is -7.45. The van der Waals surface area contributed by atoms with E-state index in [1.165, 1.54) is 26.0 Å². The Morgan fingerprint density at radius 2 is 1.53 bits per heavy atom. The number of amides is 1. The second-order valence-electron chi connectivity index (χ2n) is 15.9. The zero-order valence-corrected chi connectivity index (χ0v) is 36.8. The van der Waals surface area contributed by atoms with E-state index >= 15 is 0 Å². The number of rotatable bonds is 15. The van der Waals surface area contributed by atoms with Crippen LogP contribution in [0, 0.1) is 5.92 Å². The highest BCUT2D eigenvalue weighted by atomic mass is 31.2.